The van der Waals surface area contributed by atoms with Crippen LogP contribution in [0.1, 0.15) is 21.7 Å². The lowest BCUT2D eigenvalue weighted by atomic mass is 10.2. The van der Waals surface area contributed by atoms with Crippen LogP contribution < -0.4 is 0 Å². The number of hydrogen-bond donors (Lipinski definition) is 1. The Bertz CT molecular complexity index is 482. The van der Waals surface area contributed by atoms with Crippen LogP contribution in [0.25, 0.3) is 0 Å². The molecule has 0 aliphatic heterocycles. The summed E-state index contributed by atoms with van der Waals surface area (Å²) in [6.45, 7) is 0. The molecule has 0 spiro atoms. The van der Waals surface area contributed by atoms with Crippen LogP contribution in [-0.2, 0) is 6.42 Å². The lowest BCUT2D eigenvalue weighted by Gasteiger charge is -2.00. The third-order valence-electron chi connectivity index (χ3n) is 2.05. The number of rotatable bonds is 3. The van der Waals surface area contributed by atoms with Crippen LogP contribution in [0.3, 0.4) is 0 Å². The molecule has 5 nitrogen and oxygen atoms in total. The van der Waals surface area contributed by atoms with Crippen molar-refractivity contribution in [1.29, 1.82) is 0 Å². The summed E-state index contributed by atoms with van der Waals surface area (Å²) in [5, 5.41) is 8.70. The molecule has 0 saturated carbocycles. The number of hydrogen-bond acceptors (Lipinski definition) is 4. The molecule has 0 bridgehead atoms. The Labute approximate surface area is 91.8 Å². The summed E-state index contributed by atoms with van der Waals surface area (Å²) >= 11 is 0. The molecular formula is C11H9N3O2. The highest BCUT2D eigenvalue weighted by Gasteiger charge is 2.03. The standard InChI is InChI=1S/C11H9N3O2/c15-11(16)8-1-2-9(14-6-8)5-10-7-12-3-4-13-10/h1-4,6-7H,5H2,(H,15,16). The van der Waals surface area contributed by atoms with Gasteiger partial charge in [0.2, 0.25) is 0 Å². The number of aromatic nitrogens is 3. The molecule has 16 heavy (non-hydrogen) atoms. The molecule has 1 N–H and O–H groups in total. The summed E-state index contributed by atoms with van der Waals surface area (Å²) in [6, 6.07) is 3.21. The van der Waals surface area contributed by atoms with Crippen LogP contribution in [0.2, 0.25) is 0 Å². The quantitative estimate of drug-likeness (QED) is 0.831. The molecule has 0 saturated heterocycles. The van der Waals surface area contributed by atoms with Crippen molar-refractivity contribution in [1.82, 2.24) is 15.0 Å². The maximum atomic E-state index is 10.6. The molecule has 0 fully saturated rings. The van der Waals surface area contributed by atoms with Crippen LogP contribution >= 0.6 is 0 Å². The first-order chi connectivity index (χ1) is 7.75. The van der Waals surface area contributed by atoms with Crippen molar-refractivity contribution in [2.24, 2.45) is 0 Å². The molecule has 80 valence electrons. The topological polar surface area (TPSA) is 76.0 Å². The van der Waals surface area contributed by atoms with Crippen molar-refractivity contribution in [3.63, 3.8) is 0 Å². The van der Waals surface area contributed by atoms with E-state index in [1.165, 1.54) is 12.3 Å². The average Bonchev–Trinajstić information content (AvgIpc) is 2.31. The Balaban J connectivity index is 2.14. The molecule has 0 unspecified atom stereocenters. The van der Waals surface area contributed by atoms with E-state index in [2.05, 4.69) is 15.0 Å². The van der Waals surface area contributed by atoms with Crippen molar-refractivity contribution in [3.05, 3.63) is 53.9 Å². The molecule has 0 radical (unpaired) electrons. The number of pyridine rings is 1. The van der Waals surface area contributed by atoms with Gasteiger partial charge in [-0.05, 0) is 12.1 Å². The van der Waals surface area contributed by atoms with Crippen molar-refractivity contribution in [2.45, 2.75) is 6.42 Å². The van der Waals surface area contributed by atoms with Crippen molar-refractivity contribution < 1.29 is 9.90 Å². The summed E-state index contributed by atoms with van der Waals surface area (Å²) in [7, 11) is 0. The largest absolute Gasteiger partial charge is 0.478 e. The van der Waals surface area contributed by atoms with E-state index in [0.29, 0.717) is 6.42 Å². The summed E-state index contributed by atoms with van der Waals surface area (Å²) in [5.74, 6) is -0.974. The van der Waals surface area contributed by atoms with E-state index in [1.807, 2.05) is 0 Å². The van der Waals surface area contributed by atoms with Gasteiger partial charge in [0.25, 0.3) is 0 Å². The van der Waals surface area contributed by atoms with Crippen LogP contribution in [-0.4, -0.2) is 26.0 Å². The first kappa shape index (κ1) is 10.2. The summed E-state index contributed by atoms with van der Waals surface area (Å²) < 4.78 is 0. The average molecular weight is 215 g/mol. The van der Waals surface area contributed by atoms with Crippen LogP contribution in [0.4, 0.5) is 0 Å². The van der Waals surface area contributed by atoms with E-state index in [1.54, 1.807) is 24.7 Å². The highest BCUT2D eigenvalue weighted by molar-refractivity contribution is 5.87. The molecule has 0 aromatic carbocycles. The molecule has 2 rings (SSSR count). The van der Waals surface area contributed by atoms with Gasteiger partial charge in [0.15, 0.2) is 0 Å². The predicted molar refractivity (Wildman–Crippen MR) is 56.0 cm³/mol. The normalized spacial score (nSPS) is 10.0. The summed E-state index contributed by atoms with van der Waals surface area (Å²) in [5.41, 5.74) is 1.76. The number of carboxylic acid groups (broad SMARTS) is 1. The predicted octanol–water partition coefficient (Wildman–Crippen LogP) is 1.16. The van der Waals surface area contributed by atoms with E-state index >= 15 is 0 Å². The SMILES string of the molecule is O=C(O)c1ccc(Cc2cnccn2)nc1. The zero-order valence-corrected chi connectivity index (χ0v) is 8.37. The Kier molecular flexibility index (Phi) is 2.86. The number of aromatic carboxylic acids is 1. The monoisotopic (exact) mass is 215 g/mol. The molecule has 2 aromatic rings. The Morgan fingerprint density at radius 1 is 1.12 bits per heavy atom. The van der Waals surface area contributed by atoms with Crippen LogP contribution in [0, 0.1) is 0 Å². The van der Waals surface area contributed by atoms with Crippen LogP contribution in [0.5, 0.6) is 0 Å². The van der Waals surface area contributed by atoms with E-state index in [0.717, 1.165) is 11.4 Å². The van der Waals surface area contributed by atoms with Gasteiger partial charge in [-0.25, -0.2) is 4.79 Å². The lowest BCUT2D eigenvalue weighted by molar-refractivity contribution is 0.0696. The molecular weight excluding hydrogens is 206 g/mol. The first-order valence-corrected chi connectivity index (χ1v) is 4.69. The third kappa shape index (κ3) is 2.38. The number of nitrogens with zero attached hydrogens (tertiary/aromatic N) is 3. The fraction of sp³-hybridized carbons (Fsp3) is 0.0909. The second kappa shape index (κ2) is 4.48. The Morgan fingerprint density at radius 2 is 2.00 bits per heavy atom. The molecule has 0 aliphatic carbocycles. The highest BCUT2D eigenvalue weighted by Crippen LogP contribution is 2.04. The second-order valence-corrected chi connectivity index (χ2v) is 3.22. The molecule has 2 aromatic heterocycles. The van der Waals surface area contributed by atoms with Gasteiger partial charge in [-0.2, -0.15) is 0 Å². The van der Waals surface area contributed by atoms with Gasteiger partial charge in [0.05, 0.1) is 11.3 Å². The van der Waals surface area contributed by atoms with Gasteiger partial charge in [0.1, 0.15) is 0 Å². The molecule has 2 heterocycles. The maximum Gasteiger partial charge on any atom is 0.337 e. The smallest absolute Gasteiger partial charge is 0.337 e. The van der Waals surface area contributed by atoms with Gasteiger partial charge in [-0.3, -0.25) is 15.0 Å². The van der Waals surface area contributed by atoms with Crippen molar-refractivity contribution >= 4 is 5.97 Å². The third-order valence-corrected chi connectivity index (χ3v) is 2.05. The second-order valence-electron chi connectivity index (χ2n) is 3.22. The minimum Gasteiger partial charge on any atom is -0.478 e. The summed E-state index contributed by atoms with van der Waals surface area (Å²) in [6.07, 6.45) is 6.76. The number of carboxylic acids is 1. The minimum absolute atomic E-state index is 0.183. The van der Waals surface area contributed by atoms with E-state index < -0.39 is 5.97 Å². The van der Waals surface area contributed by atoms with E-state index in [9.17, 15) is 4.79 Å². The zero-order valence-electron chi connectivity index (χ0n) is 8.37. The molecule has 0 amide bonds. The van der Waals surface area contributed by atoms with Crippen molar-refractivity contribution in [3.8, 4) is 0 Å². The Morgan fingerprint density at radius 3 is 2.56 bits per heavy atom. The molecule has 5 heteroatoms. The van der Waals surface area contributed by atoms with E-state index in [4.69, 9.17) is 5.11 Å². The lowest BCUT2D eigenvalue weighted by Crippen LogP contribution is -2.00. The minimum atomic E-state index is -0.974. The van der Waals surface area contributed by atoms with Gasteiger partial charge in [0, 0.05) is 36.9 Å². The van der Waals surface area contributed by atoms with Crippen molar-refractivity contribution in [2.75, 3.05) is 0 Å². The van der Waals surface area contributed by atoms with Gasteiger partial charge in [-0.15, -0.1) is 0 Å². The van der Waals surface area contributed by atoms with Gasteiger partial charge < -0.3 is 5.11 Å². The maximum absolute atomic E-state index is 10.6. The summed E-state index contributed by atoms with van der Waals surface area (Å²) in [4.78, 5) is 22.7. The fourth-order valence-corrected chi connectivity index (χ4v) is 1.26. The van der Waals surface area contributed by atoms with Gasteiger partial charge >= 0.3 is 5.97 Å². The molecule has 0 aliphatic rings. The zero-order chi connectivity index (χ0) is 11.4. The highest BCUT2D eigenvalue weighted by atomic mass is 16.4. The Hall–Kier alpha value is -2.30. The number of carbonyl (C=O) groups is 1. The van der Waals surface area contributed by atoms with E-state index in [-0.39, 0.29) is 5.56 Å². The van der Waals surface area contributed by atoms with Crippen LogP contribution in [0.15, 0.2) is 36.9 Å². The first-order valence-electron chi connectivity index (χ1n) is 4.69. The fourth-order valence-electron chi connectivity index (χ4n) is 1.26. The molecule has 0 atom stereocenters. The van der Waals surface area contributed by atoms with Gasteiger partial charge in [-0.1, -0.05) is 0 Å².